The molecule has 0 aliphatic carbocycles. The minimum atomic E-state index is -0.344. The van der Waals surface area contributed by atoms with Crippen molar-refractivity contribution in [3.05, 3.63) is 53.6 Å². The number of benzene rings is 1. The van der Waals surface area contributed by atoms with Gasteiger partial charge in [-0.3, -0.25) is 4.98 Å². The summed E-state index contributed by atoms with van der Waals surface area (Å²) in [6.07, 6.45) is 2.82. The van der Waals surface area contributed by atoms with Crippen molar-refractivity contribution in [1.82, 2.24) is 4.98 Å². The van der Waals surface area contributed by atoms with Gasteiger partial charge in [0.05, 0.1) is 12.2 Å². The largest absolute Gasteiger partial charge is 0.508 e. The van der Waals surface area contributed by atoms with Crippen LogP contribution in [-0.4, -0.2) is 10.1 Å². The maximum Gasteiger partial charge on any atom is 0.141 e. The van der Waals surface area contributed by atoms with Crippen LogP contribution in [0, 0.1) is 12.7 Å². The summed E-state index contributed by atoms with van der Waals surface area (Å²) in [6.45, 7) is 3.83. The number of aromatic nitrogens is 1. The fraction of sp³-hybridized carbons (Fsp3) is 0.214. The Morgan fingerprint density at radius 2 is 2.06 bits per heavy atom. The highest BCUT2D eigenvalue weighted by Gasteiger charge is 2.08. The molecule has 0 amide bonds. The van der Waals surface area contributed by atoms with Gasteiger partial charge in [-0.1, -0.05) is 0 Å². The van der Waals surface area contributed by atoms with Crippen LogP contribution in [0.4, 0.5) is 10.1 Å². The van der Waals surface area contributed by atoms with Gasteiger partial charge < -0.3 is 10.4 Å². The molecule has 0 radical (unpaired) electrons. The Morgan fingerprint density at radius 3 is 2.72 bits per heavy atom. The quantitative estimate of drug-likeness (QED) is 0.816. The van der Waals surface area contributed by atoms with E-state index >= 15 is 0 Å². The molecule has 1 aromatic heterocycles. The lowest BCUT2D eigenvalue weighted by atomic mass is 10.1. The second-order valence-corrected chi connectivity index (χ2v) is 4.30. The zero-order valence-electron chi connectivity index (χ0n) is 10.3. The van der Waals surface area contributed by atoms with Crippen molar-refractivity contribution in [2.24, 2.45) is 0 Å². The van der Waals surface area contributed by atoms with E-state index in [1.54, 1.807) is 24.4 Å². The molecule has 0 aliphatic heterocycles. The van der Waals surface area contributed by atoms with Crippen LogP contribution in [0.1, 0.15) is 24.1 Å². The molecule has 0 fully saturated rings. The van der Waals surface area contributed by atoms with Crippen molar-refractivity contribution in [2.45, 2.75) is 19.9 Å². The van der Waals surface area contributed by atoms with Crippen molar-refractivity contribution >= 4 is 5.69 Å². The summed E-state index contributed by atoms with van der Waals surface area (Å²) in [7, 11) is 0. The summed E-state index contributed by atoms with van der Waals surface area (Å²) in [5.74, 6) is -0.110. The van der Waals surface area contributed by atoms with E-state index in [9.17, 15) is 9.50 Å². The molecule has 0 bridgehead atoms. The molecule has 1 unspecified atom stereocenters. The smallest absolute Gasteiger partial charge is 0.141 e. The highest BCUT2D eigenvalue weighted by Crippen LogP contribution is 2.24. The predicted octanol–water partition coefficient (Wildman–Crippen LogP) is 3.41. The first kappa shape index (κ1) is 12.4. The number of aryl methyl sites for hydroxylation is 1. The number of phenols is 1. The van der Waals surface area contributed by atoms with Crippen LogP contribution in [-0.2, 0) is 0 Å². The van der Waals surface area contributed by atoms with E-state index < -0.39 is 0 Å². The third kappa shape index (κ3) is 2.77. The Morgan fingerprint density at radius 1 is 1.28 bits per heavy atom. The highest BCUT2D eigenvalue weighted by atomic mass is 19.1. The first-order chi connectivity index (χ1) is 8.56. The molecule has 0 saturated carbocycles. The molecule has 0 aliphatic rings. The topological polar surface area (TPSA) is 45.1 Å². The van der Waals surface area contributed by atoms with Gasteiger partial charge in [-0.2, -0.15) is 0 Å². The number of pyridine rings is 1. The van der Waals surface area contributed by atoms with Crippen LogP contribution in [0.5, 0.6) is 5.75 Å². The fourth-order valence-electron chi connectivity index (χ4n) is 1.79. The van der Waals surface area contributed by atoms with Crippen LogP contribution in [0.15, 0.2) is 36.7 Å². The number of anilines is 1. The molecule has 2 N–H and O–H groups in total. The second kappa shape index (κ2) is 5.04. The third-order valence-electron chi connectivity index (χ3n) is 2.81. The van der Waals surface area contributed by atoms with E-state index in [4.69, 9.17) is 0 Å². The number of rotatable bonds is 3. The molecule has 0 spiro atoms. The summed E-state index contributed by atoms with van der Waals surface area (Å²) in [4.78, 5) is 3.83. The number of aromatic hydroxyl groups is 1. The maximum absolute atomic E-state index is 13.1. The van der Waals surface area contributed by atoms with Crippen molar-refractivity contribution in [1.29, 1.82) is 0 Å². The van der Waals surface area contributed by atoms with Gasteiger partial charge in [0, 0.05) is 11.9 Å². The Bertz CT molecular complexity index is 557. The van der Waals surface area contributed by atoms with Crippen LogP contribution in [0.3, 0.4) is 0 Å². The minimum absolute atomic E-state index is 0.0588. The zero-order valence-corrected chi connectivity index (χ0v) is 10.3. The Hall–Kier alpha value is -2.10. The SMILES string of the molecule is Cc1cc(O)ccc1NC(C)c1cncc(F)c1. The van der Waals surface area contributed by atoms with Crippen molar-refractivity contribution in [2.75, 3.05) is 5.32 Å². The summed E-state index contributed by atoms with van der Waals surface area (Å²) >= 11 is 0. The second-order valence-electron chi connectivity index (χ2n) is 4.30. The van der Waals surface area contributed by atoms with Gasteiger partial charge in [-0.15, -0.1) is 0 Å². The molecule has 0 saturated heterocycles. The van der Waals surface area contributed by atoms with Crippen LogP contribution >= 0.6 is 0 Å². The van der Waals surface area contributed by atoms with Gasteiger partial charge in [-0.05, 0) is 49.2 Å². The van der Waals surface area contributed by atoms with E-state index in [0.717, 1.165) is 16.8 Å². The molecule has 1 heterocycles. The van der Waals surface area contributed by atoms with E-state index in [2.05, 4.69) is 10.3 Å². The van der Waals surface area contributed by atoms with E-state index in [0.29, 0.717) is 0 Å². The molecule has 2 aromatic rings. The maximum atomic E-state index is 13.1. The summed E-state index contributed by atoms with van der Waals surface area (Å²) < 4.78 is 13.1. The van der Waals surface area contributed by atoms with Gasteiger partial charge in [0.1, 0.15) is 11.6 Å². The van der Waals surface area contributed by atoms with Crippen LogP contribution in [0.2, 0.25) is 0 Å². The Kier molecular flexibility index (Phi) is 3.46. The molecule has 4 heteroatoms. The monoisotopic (exact) mass is 246 g/mol. The lowest BCUT2D eigenvalue weighted by Crippen LogP contribution is -2.08. The number of halogens is 1. The van der Waals surface area contributed by atoms with Crippen molar-refractivity contribution in [3.8, 4) is 5.75 Å². The summed E-state index contributed by atoms with van der Waals surface area (Å²) in [5.41, 5.74) is 2.62. The van der Waals surface area contributed by atoms with Gasteiger partial charge in [0.25, 0.3) is 0 Å². The molecule has 18 heavy (non-hydrogen) atoms. The van der Waals surface area contributed by atoms with Crippen molar-refractivity contribution < 1.29 is 9.50 Å². The number of hydrogen-bond donors (Lipinski definition) is 2. The Labute approximate surface area is 105 Å². The first-order valence-corrected chi connectivity index (χ1v) is 5.73. The Balaban J connectivity index is 2.18. The van der Waals surface area contributed by atoms with Gasteiger partial charge in [0.15, 0.2) is 0 Å². The van der Waals surface area contributed by atoms with Gasteiger partial charge in [-0.25, -0.2) is 4.39 Å². The molecule has 3 nitrogen and oxygen atoms in total. The average Bonchev–Trinajstić information content (AvgIpc) is 2.32. The molecule has 2 rings (SSSR count). The van der Waals surface area contributed by atoms with Gasteiger partial charge >= 0.3 is 0 Å². The standard InChI is InChI=1S/C14H15FN2O/c1-9-5-13(18)3-4-14(9)17-10(2)11-6-12(15)8-16-7-11/h3-8,10,17-18H,1-2H3. The third-order valence-corrected chi connectivity index (χ3v) is 2.81. The molecule has 1 atom stereocenters. The summed E-state index contributed by atoms with van der Waals surface area (Å²) in [6, 6.07) is 6.50. The van der Waals surface area contributed by atoms with E-state index in [-0.39, 0.29) is 17.6 Å². The zero-order chi connectivity index (χ0) is 13.1. The number of hydrogen-bond acceptors (Lipinski definition) is 3. The fourth-order valence-corrected chi connectivity index (χ4v) is 1.79. The van der Waals surface area contributed by atoms with Crippen molar-refractivity contribution in [3.63, 3.8) is 0 Å². The minimum Gasteiger partial charge on any atom is -0.508 e. The lowest BCUT2D eigenvalue weighted by Gasteiger charge is -2.17. The average molecular weight is 246 g/mol. The number of nitrogens with zero attached hydrogens (tertiary/aromatic N) is 1. The predicted molar refractivity (Wildman–Crippen MR) is 69.1 cm³/mol. The van der Waals surface area contributed by atoms with Crippen LogP contribution < -0.4 is 5.32 Å². The normalized spacial score (nSPS) is 12.2. The molecule has 1 aromatic carbocycles. The molecular weight excluding hydrogens is 231 g/mol. The number of phenolic OH excluding ortho intramolecular Hbond substituents is 1. The molecule has 94 valence electrons. The molecular formula is C14H15FN2O. The summed E-state index contributed by atoms with van der Waals surface area (Å²) in [5, 5.41) is 12.6. The highest BCUT2D eigenvalue weighted by molar-refractivity contribution is 5.54. The van der Waals surface area contributed by atoms with Gasteiger partial charge in [0.2, 0.25) is 0 Å². The first-order valence-electron chi connectivity index (χ1n) is 5.73. The van der Waals surface area contributed by atoms with E-state index in [1.165, 1.54) is 12.3 Å². The van der Waals surface area contributed by atoms with Crippen LogP contribution in [0.25, 0.3) is 0 Å². The number of nitrogens with one attached hydrogen (secondary N) is 1. The van der Waals surface area contributed by atoms with E-state index in [1.807, 2.05) is 13.8 Å². The lowest BCUT2D eigenvalue weighted by molar-refractivity contribution is 0.475.